The highest BCUT2D eigenvalue weighted by Crippen LogP contribution is 2.22. The van der Waals surface area contributed by atoms with Crippen molar-refractivity contribution in [3.63, 3.8) is 0 Å². The summed E-state index contributed by atoms with van der Waals surface area (Å²) in [5.41, 5.74) is 2.82. The summed E-state index contributed by atoms with van der Waals surface area (Å²) in [4.78, 5) is 21.1. The number of aromatic nitrogens is 3. The smallest absolute Gasteiger partial charge is 0.255 e. The van der Waals surface area contributed by atoms with Crippen molar-refractivity contribution < 1.29 is 4.79 Å². The predicted octanol–water partition coefficient (Wildman–Crippen LogP) is 2.27. The van der Waals surface area contributed by atoms with Crippen molar-refractivity contribution in [3.8, 4) is 0 Å². The van der Waals surface area contributed by atoms with Gasteiger partial charge in [-0.2, -0.15) is 5.10 Å². The van der Waals surface area contributed by atoms with Crippen LogP contribution in [0.15, 0.2) is 24.4 Å². The van der Waals surface area contributed by atoms with Crippen molar-refractivity contribution in [2.24, 2.45) is 0 Å². The molecule has 1 unspecified atom stereocenters. The molecule has 128 valence electrons. The summed E-state index contributed by atoms with van der Waals surface area (Å²) in [5, 5.41) is 4.53. The van der Waals surface area contributed by atoms with Crippen LogP contribution in [0.1, 0.15) is 34.6 Å². The van der Waals surface area contributed by atoms with Gasteiger partial charge in [-0.1, -0.05) is 0 Å². The molecule has 2 aromatic heterocycles. The number of pyridine rings is 1. The van der Waals surface area contributed by atoms with E-state index < -0.39 is 0 Å². The Morgan fingerprint density at radius 3 is 2.71 bits per heavy atom. The van der Waals surface area contributed by atoms with Gasteiger partial charge >= 0.3 is 0 Å². The molecule has 1 aliphatic rings. The fourth-order valence-electron chi connectivity index (χ4n) is 3.30. The second-order valence-electron chi connectivity index (χ2n) is 6.70. The second-order valence-corrected chi connectivity index (χ2v) is 6.70. The van der Waals surface area contributed by atoms with E-state index in [2.05, 4.69) is 23.1 Å². The lowest BCUT2D eigenvalue weighted by Gasteiger charge is -2.25. The molecule has 0 saturated carbocycles. The average molecular weight is 327 g/mol. The van der Waals surface area contributed by atoms with Crippen molar-refractivity contribution in [2.75, 3.05) is 25.5 Å². The van der Waals surface area contributed by atoms with Crippen molar-refractivity contribution in [1.29, 1.82) is 0 Å². The fourth-order valence-corrected chi connectivity index (χ4v) is 3.30. The molecule has 1 atom stereocenters. The van der Waals surface area contributed by atoms with Crippen molar-refractivity contribution in [3.05, 3.63) is 41.3 Å². The molecule has 6 heteroatoms. The van der Waals surface area contributed by atoms with Crippen LogP contribution in [0.2, 0.25) is 0 Å². The quantitative estimate of drug-likeness (QED) is 0.864. The Kier molecular flexibility index (Phi) is 4.55. The summed E-state index contributed by atoms with van der Waals surface area (Å²) < 4.78 is 2.01. The van der Waals surface area contributed by atoms with Gasteiger partial charge < -0.3 is 9.80 Å². The SMILES string of the molecule is Cc1cc(C)n(CC2CCCN2C(=O)c2ccc(N(C)C)nc2)n1. The molecular weight excluding hydrogens is 302 g/mol. The Bertz CT molecular complexity index is 720. The number of nitrogens with zero attached hydrogens (tertiary/aromatic N) is 5. The van der Waals surface area contributed by atoms with Crippen LogP contribution in [-0.4, -0.2) is 52.3 Å². The van der Waals surface area contributed by atoms with E-state index in [9.17, 15) is 4.79 Å². The Morgan fingerprint density at radius 2 is 2.12 bits per heavy atom. The highest BCUT2D eigenvalue weighted by Gasteiger charge is 2.30. The number of likely N-dealkylation sites (tertiary alicyclic amines) is 1. The Labute approximate surface area is 143 Å². The molecule has 0 bridgehead atoms. The summed E-state index contributed by atoms with van der Waals surface area (Å²) in [7, 11) is 3.88. The summed E-state index contributed by atoms with van der Waals surface area (Å²) in [6, 6.07) is 6.03. The number of carbonyl (C=O) groups is 1. The maximum atomic E-state index is 12.9. The van der Waals surface area contributed by atoms with Crippen LogP contribution in [-0.2, 0) is 6.54 Å². The molecular formula is C18H25N5O. The minimum absolute atomic E-state index is 0.0665. The first-order valence-corrected chi connectivity index (χ1v) is 8.41. The Balaban J connectivity index is 1.74. The monoisotopic (exact) mass is 327 g/mol. The van der Waals surface area contributed by atoms with Gasteiger partial charge in [0.25, 0.3) is 5.91 Å². The van der Waals surface area contributed by atoms with Crippen molar-refractivity contribution >= 4 is 11.7 Å². The molecule has 24 heavy (non-hydrogen) atoms. The van der Waals surface area contributed by atoms with Crippen LogP contribution in [0.5, 0.6) is 0 Å². The molecule has 6 nitrogen and oxygen atoms in total. The van der Waals surface area contributed by atoms with E-state index in [0.29, 0.717) is 5.56 Å². The van der Waals surface area contributed by atoms with E-state index in [1.165, 1.54) is 0 Å². The lowest BCUT2D eigenvalue weighted by molar-refractivity contribution is 0.0720. The minimum Gasteiger partial charge on any atom is -0.363 e. The molecule has 0 N–H and O–H groups in total. The van der Waals surface area contributed by atoms with E-state index >= 15 is 0 Å². The summed E-state index contributed by atoms with van der Waals surface area (Å²) >= 11 is 0. The zero-order valence-corrected chi connectivity index (χ0v) is 14.9. The first-order valence-electron chi connectivity index (χ1n) is 8.41. The second kappa shape index (κ2) is 6.63. The maximum absolute atomic E-state index is 12.9. The molecule has 3 rings (SSSR count). The van der Waals surface area contributed by atoms with Gasteiger partial charge in [-0.3, -0.25) is 9.48 Å². The Morgan fingerprint density at radius 1 is 1.33 bits per heavy atom. The third-order valence-corrected chi connectivity index (χ3v) is 4.58. The molecule has 0 aliphatic carbocycles. The number of carbonyl (C=O) groups excluding carboxylic acids is 1. The van der Waals surface area contributed by atoms with Gasteiger partial charge in [0.1, 0.15) is 5.82 Å². The normalized spacial score (nSPS) is 17.3. The molecule has 0 aromatic carbocycles. The van der Waals surface area contributed by atoms with Crippen LogP contribution < -0.4 is 4.90 Å². The van der Waals surface area contributed by atoms with Gasteiger partial charge in [-0.25, -0.2) is 4.98 Å². The molecule has 1 fully saturated rings. The third-order valence-electron chi connectivity index (χ3n) is 4.58. The average Bonchev–Trinajstić information content (AvgIpc) is 3.13. The van der Waals surface area contributed by atoms with Gasteiger partial charge in [0.05, 0.1) is 23.8 Å². The molecule has 1 saturated heterocycles. The first kappa shape index (κ1) is 16.5. The Hall–Kier alpha value is -2.37. The van der Waals surface area contributed by atoms with Crippen molar-refractivity contribution in [2.45, 2.75) is 39.3 Å². The zero-order valence-electron chi connectivity index (χ0n) is 14.9. The topological polar surface area (TPSA) is 54.3 Å². The van der Waals surface area contributed by atoms with Gasteiger partial charge in [0.2, 0.25) is 0 Å². The number of aryl methyl sites for hydroxylation is 2. The highest BCUT2D eigenvalue weighted by atomic mass is 16.2. The number of amides is 1. The van der Waals surface area contributed by atoms with Crippen LogP contribution in [0.3, 0.4) is 0 Å². The fraction of sp³-hybridized carbons (Fsp3) is 0.500. The molecule has 0 radical (unpaired) electrons. The highest BCUT2D eigenvalue weighted by molar-refractivity contribution is 5.94. The maximum Gasteiger partial charge on any atom is 0.255 e. The summed E-state index contributed by atoms with van der Waals surface area (Å²) in [5.74, 6) is 0.920. The van der Waals surface area contributed by atoms with Crippen LogP contribution >= 0.6 is 0 Å². The van der Waals surface area contributed by atoms with Crippen LogP contribution in [0.4, 0.5) is 5.82 Å². The van der Waals surface area contributed by atoms with Gasteiger partial charge in [0.15, 0.2) is 0 Å². The van der Waals surface area contributed by atoms with Gasteiger partial charge in [0, 0.05) is 32.5 Å². The van der Waals surface area contributed by atoms with E-state index in [1.807, 2.05) is 47.6 Å². The predicted molar refractivity (Wildman–Crippen MR) is 94.3 cm³/mol. The standard InChI is InChI=1S/C18H25N5O/c1-13-10-14(2)23(20-13)12-16-6-5-9-22(16)18(24)15-7-8-17(19-11-15)21(3)4/h7-8,10-11,16H,5-6,9,12H2,1-4H3. The first-order chi connectivity index (χ1) is 11.5. The largest absolute Gasteiger partial charge is 0.363 e. The summed E-state index contributed by atoms with van der Waals surface area (Å²) in [6.07, 6.45) is 3.74. The number of rotatable bonds is 4. The van der Waals surface area contributed by atoms with E-state index in [4.69, 9.17) is 0 Å². The van der Waals surface area contributed by atoms with Crippen LogP contribution in [0.25, 0.3) is 0 Å². The van der Waals surface area contributed by atoms with Gasteiger partial charge in [-0.15, -0.1) is 0 Å². The van der Waals surface area contributed by atoms with E-state index in [-0.39, 0.29) is 11.9 Å². The molecule has 0 spiro atoms. The lowest BCUT2D eigenvalue weighted by atomic mass is 10.2. The third kappa shape index (κ3) is 3.27. The number of anilines is 1. The van der Waals surface area contributed by atoms with E-state index in [0.717, 1.165) is 43.1 Å². The van der Waals surface area contributed by atoms with Gasteiger partial charge in [-0.05, 0) is 44.9 Å². The zero-order chi connectivity index (χ0) is 17.3. The van der Waals surface area contributed by atoms with Crippen molar-refractivity contribution in [1.82, 2.24) is 19.7 Å². The number of hydrogen-bond acceptors (Lipinski definition) is 4. The number of hydrogen-bond donors (Lipinski definition) is 0. The lowest BCUT2D eigenvalue weighted by Crippen LogP contribution is -2.38. The molecule has 1 aliphatic heterocycles. The summed E-state index contributed by atoms with van der Waals surface area (Å²) in [6.45, 7) is 5.62. The molecule has 2 aromatic rings. The van der Waals surface area contributed by atoms with E-state index in [1.54, 1.807) is 6.20 Å². The van der Waals surface area contributed by atoms with Crippen LogP contribution in [0, 0.1) is 13.8 Å². The molecule has 3 heterocycles. The minimum atomic E-state index is 0.0665. The molecule has 1 amide bonds.